The maximum Gasteiger partial charge on any atom is 0.469 e. The first-order valence-corrected chi connectivity index (χ1v) is 25.2. The van der Waals surface area contributed by atoms with E-state index in [-0.39, 0.29) is 19.4 Å². The molecular formula is C47H89O8P. The van der Waals surface area contributed by atoms with Crippen molar-refractivity contribution in [3.8, 4) is 0 Å². The van der Waals surface area contributed by atoms with Gasteiger partial charge in [0.15, 0.2) is 6.10 Å². The molecule has 0 bridgehead atoms. The fourth-order valence-electron chi connectivity index (χ4n) is 6.89. The molecule has 0 aliphatic carbocycles. The SMILES string of the molecule is CCCCCCCC/C=C/CCCCCCCCCCCCCC(=O)OC[C@H](COP(=O)(O)O)OC(=O)CCCCCCCCC/C=C/CCCCCCCC. The molecule has 330 valence electrons. The highest BCUT2D eigenvalue weighted by Crippen LogP contribution is 2.36. The minimum absolute atomic E-state index is 0.209. The van der Waals surface area contributed by atoms with Crippen LogP contribution in [0.5, 0.6) is 0 Å². The third-order valence-electron chi connectivity index (χ3n) is 10.4. The van der Waals surface area contributed by atoms with E-state index in [4.69, 9.17) is 19.3 Å². The zero-order valence-electron chi connectivity index (χ0n) is 36.5. The number of carbonyl (C=O) groups excluding carboxylic acids is 2. The van der Waals surface area contributed by atoms with Crippen LogP contribution in [-0.2, 0) is 28.2 Å². The molecule has 2 N–H and O–H groups in total. The van der Waals surface area contributed by atoms with Crippen LogP contribution < -0.4 is 0 Å². The second-order valence-electron chi connectivity index (χ2n) is 16.1. The van der Waals surface area contributed by atoms with E-state index in [1.54, 1.807) is 0 Å². The first-order valence-electron chi connectivity index (χ1n) is 23.6. The number of carbonyl (C=O) groups is 2. The molecule has 0 heterocycles. The summed E-state index contributed by atoms with van der Waals surface area (Å²) >= 11 is 0. The first-order chi connectivity index (χ1) is 27.3. The van der Waals surface area contributed by atoms with E-state index in [0.717, 1.165) is 44.9 Å². The topological polar surface area (TPSA) is 119 Å². The number of rotatable bonds is 44. The quantitative estimate of drug-likeness (QED) is 0.0270. The van der Waals surface area contributed by atoms with Gasteiger partial charge in [0, 0.05) is 12.8 Å². The summed E-state index contributed by atoms with van der Waals surface area (Å²) in [5.74, 6) is -0.880. The lowest BCUT2D eigenvalue weighted by Gasteiger charge is -2.18. The van der Waals surface area contributed by atoms with Gasteiger partial charge in [-0.3, -0.25) is 14.1 Å². The number of hydrogen-bond donors (Lipinski definition) is 2. The maximum atomic E-state index is 12.4. The number of phosphoric acid groups is 1. The number of hydrogen-bond acceptors (Lipinski definition) is 6. The lowest BCUT2D eigenvalue weighted by Crippen LogP contribution is -2.29. The van der Waals surface area contributed by atoms with Crippen molar-refractivity contribution in [3.05, 3.63) is 24.3 Å². The zero-order chi connectivity index (χ0) is 41.1. The number of esters is 2. The number of ether oxygens (including phenoxy) is 2. The number of phosphoric ester groups is 1. The molecule has 0 aromatic rings. The first kappa shape index (κ1) is 54.5. The Kier molecular flexibility index (Phi) is 42.0. The van der Waals surface area contributed by atoms with Crippen molar-refractivity contribution in [1.82, 2.24) is 0 Å². The van der Waals surface area contributed by atoms with E-state index in [0.29, 0.717) is 6.42 Å². The summed E-state index contributed by atoms with van der Waals surface area (Å²) in [6.07, 6.45) is 50.4. The largest absolute Gasteiger partial charge is 0.469 e. The second kappa shape index (κ2) is 43.1. The molecule has 0 aliphatic rings. The molecule has 0 aliphatic heterocycles. The van der Waals surface area contributed by atoms with Gasteiger partial charge in [0.25, 0.3) is 0 Å². The van der Waals surface area contributed by atoms with E-state index in [9.17, 15) is 14.2 Å². The fraction of sp³-hybridized carbons (Fsp3) is 0.872. The molecule has 56 heavy (non-hydrogen) atoms. The summed E-state index contributed by atoms with van der Waals surface area (Å²) in [5, 5.41) is 0. The van der Waals surface area contributed by atoms with Gasteiger partial charge in [-0.05, 0) is 64.2 Å². The summed E-state index contributed by atoms with van der Waals surface area (Å²) in [7, 11) is -4.76. The molecule has 9 heteroatoms. The normalized spacial score (nSPS) is 12.6. The highest BCUT2D eigenvalue weighted by atomic mass is 31.2. The maximum absolute atomic E-state index is 12.4. The van der Waals surface area contributed by atoms with Gasteiger partial charge < -0.3 is 19.3 Å². The van der Waals surface area contributed by atoms with Crippen LogP contribution in [-0.4, -0.2) is 41.0 Å². The van der Waals surface area contributed by atoms with E-state index in [2.05, 4.69) is 42.7 Å². The molecule has 0 rings (SSSR count). The van der Waals surface area contributed by atoms with Crippen LogP contribution in [0.2, 0.25) is 0 Å². The van der Waals surface area contributed by atoms with Gasteiger partial charge in [-0.1, -0.05) is 192 Å². The summed E-state index contributed by atoms with van der Waals surface area (Å²) < 4.78 is 26.5. The lowest BCUT2D eigenvalue weighted by molar-refractivity contribution is -0.161. The predicted molar refractivity (Wildman–Crippen MR) is 235 cm³/mol. The van der Waals surface area contributed by atoms with Gasteiger partial charge in [0.05, 0.1) is 6.61 Å². The molecule has 0 aromatic carbocycles. The van der Waals surface area contributed by atoms with Crippen molar-refractivity contribution in [3.63, 3.8) is 0 Å². The summed E-state index contributed by atoms with van der Waals surface area (Å²) in [5.41, 5.74) is 0. The van der Waals surface area contributed by atoms with Crippen molar-refractivity contribution in [1.29, 1.82) is 0 Å². The minimum atomic E-state index is -4.76. The van der Waals surface area contributed by atoms with E-state index < -0.39 is 32.5 Å². The zero-order valence-corrected chi connectivity index (χ0v) is 37.4. The smallest absolute Gasteiger partial charge is 0.462 e. The highest BCUT2D eigenvalue weighted by molar-refractivity contribution is 7.46. The summed E-state index contributed by atoms with van der Waals surface area (Å²) in [6, 6.07) is 0. The second-order valence-corrected chi connectivity index (χ2v) is 17.3. The third kappa shape index (κ3) is 45.2. The van der Waals surface area contributed by atoms with Gasteiger partial charge in [-0.2, -0.15) is 0 Å². The fourth-order valence-corrected chi connectivity index (χ4v) is 7.25. The van der Waals surface area contributed by atoms with Crippen molar-refractivity contribution in [2.75, 3.05) is 13.2 Å². The van der Waals surface area contributed by atoms with Crippen LogP contribution in [0.15, 0.2) is 24.3 Å². The Morgan fingerprint density at radius 1 is 0.446 bits per heavy atom. The van der Waals surface area contributed by atoms with Crippen molar-refractivity contribution < 1.29 is 37.9 Å². The molecular weight excluding hydrogens is 723 g/mol. The summed E-state index contributed by atoms with van der Waals surface area (Å²) in [4.78, 5) is 43.0. The molecule has 8 nitrogen and oxygen atoms in total. The van der Waals surface area contributed by atoms with Crippen LogP contribution in [0.4, 0.5) is 0 Å². The van der Waals surface area contributed by atoms with E-state index in [1.807, 2.05) is 0 Å². The molecule has 0 radical (unpaired) electrons. The monoisotopic (exact) mass is 813 g/mol. The molecule has 0 fully saturated rings. The van der Waals surface area contributed by atoms with Gasteiger partial charge in [-0.15, -0.1) is 0 Å². The Morgan fingerprint density at radius 3 is 1.09 bits per heavy atom. The molecule has 0 aromatic heterocycles. The highest BCUT2D eigenvalue weighted by Gasteiger charge is 2.23. The Labute approximate surface area is 345 Å². The van der Waals surface area contributed by atoms with Gasteiger partial charge in [0.1, 0.15) is 6.61 Å². The van der Waals surface area contributed by atoms with Crippen LogP contribution in [0.3, 0.4) is 0 Å². The molecule has 0 unspecified atom stereocenters. The van der Waals surface area contributed by atoms with E-state index in [1.165, 1.54) is 167 Å². The lowest BCUT2D eigenvalue weighted by atomic mass is 10.0. The summed E-state index contributed by atoms with van der Waals surface area (Å²) in [6.45, 7) is 3.70. The van der Waals surface area contributed by atoms with Crippen molar-refractivity contribution in [2.45, 2.75) is 251 Å². The van der Waals surface area contributed by atoms with Crippen LogP contribution in [0, 0.1) is 0 Å². The Hall–Kier alpha value is -1.47. The van der Waals surface area contributed by atoms with Gasteiger partial charge in [0.2, 0.25) is 0 Å². The van der Waals surface area contributed by atoms with Crippen LogP contribution in [0.25, 0.3) is 0 Å². The van der Waals surface area contributed by atoms with Crippen molar-refractivity contribution >= 4 is 19.8 Å². The van der Waals surface area contributed by atoms with Crippen LogP contribution >= 0.6 is 7.82 Å². The average Bonchev–Trinajstić information content (AvgIpc) is 3.17. The Morgan fingerprint density at radius 2 is 0.750 bits per heavy atom. The predicted octanol–water partition coefficient (Wildman–Crippen LogP) is 14.7. The molecule has 0 saturated heterocycles. The van der Waals surface area contributed by atoms with Gasteiger partial charge >= 0.3 is 19.8 Å². The molecule has 0 spiro atoms. The van der Waals surface area contributed by atoms with Crippen molar-refractivity contribution in [2.24, 2.45) is 0 Å². The van der Waals surface area contributed by atoms with Crippen LogP contribution in [0.1, 0.15) is 245 Å². The third-order valence-corrected chi connectivity index (χ3v) is 10.9. The molecule has 0 amide bonds. The molecule has 0 saturated carbocycles. The Balaban J connectivity index is 3.83. The van der Waals surface area contributed by atoms with Gasteiger partial charge in [-0.25, -0.2) is 4.57 Å². The number of unbranched alkanes of at least 4 members (excludes halogenated alkanes) is 30. The Bertz CT molecular complexity index is 962. The number of allylic oxidation sites excluding steroid dienone is 4. The van der Waals surface area contributed by atoms with E-state index >= 15 is 0 Å². The standard InChI is InChI=1S/C47H89O8P/c1-3-5-7-9-11-13-15-17-19-21-22-23-24-26-27-29-31-33-35-37-39-41-46(48)53-43-45(44-54-56(50,51)52)55-47(49)42-40-38-36-34-32-30-28-25-20-18-16-14-12-10-8-6-4-2/h17-20,45H,3-16,21-44H2,1-2H3,(H2,50,51,52)/b19-17+,20-18+/t45-/m1/s1. The average molecular weight is 813 g/mol. The minimum Gasteiger partial charge on any atom is -0.462 e. The molecule has 1 atom stereocenters.